The molecule has 1 heterocycles. The van der Waals surface area contributed by atoms with Crippen LogP contribution in [-0.4, -0.2) is 19.2 Å². The average Bonchev–Trinajstić information content (AvgIpc) is 3.05. The Bertz CT molecular complexity index is 732. The van der Waals surface area contributed by atoms with Crippen LogP contribution in [0.2, 0.25) is 0 Å². The lowest BCUT2D eigenvalue weighted by Gasteiger charge is -2.01. The number of ether oxygens (including phenoxy) is 2. The summed E-state index contributed by atoms with van der Waals surface area (Å²) in [6, 6.07) is 15.3. The number of hydrogen-bond acceptors (Lipinski definition) is 4. The van der Waals surface area contributed by atoms with E-state index in [2.05, 4.69) is 4.98 Å². The second-order valence-corrected chi connectivity index (χ2v) is 4.49. The van der Waals surface area contributed by atoms with Gasteiger partial charge in [0.15, 0.2) is 5.76 Å². The van der Waals surface area contributed by atoms with Gasteiger partial charge in [0.05, 0.1) is 20.4 Å². The van der Waals surface area contributed by atoms with Crippen LogP contribution < -0.4 is 9.47 Å². The molecule has 0 aliphatic rings. The van der Waals surface area contributed by atoms with E-state index < -0.39 is 0 Å². The molecule has 0 saturated carbocycles. The Kier molecular flexibility index (Phi) is 3.60. The van der Waals surface area contributed by atoms with Gasteiger partial charge < -0.3 is 13.9 Å². The summed E-state index contributed by atoms with van der Waals surface area (Å²) in [4.78, 5) is 4.33. The Morgan fingerprint density at radius 1 is 0.857 bits per heavy atom. The molecule has 0 spiro atoms. The highest BCUT2D eigenvalue weighted by atomic mass is 16.5. The van der Waals surface area contributed by atoms with E-state index in [-0.39, 0.29) is 0 Å². The van der Waals surface area contributed by atoms with Gasteiger partial charge in [-0.15, -0.1) is 0 Å². The van der Waals surface area contributed by atoms with Crippen molar-refractivity contribution >= 4 is 0 Å². The summed E-state index contributed by atoms with van der Waals surface area (Å²) in [5, 5.41) is 0. The van der Waals surface area contributed by atoms with Crippen LogP contribution in [0.3, 0.4) is 0 Å². The molecule has 0 saturated heterocycles. The summed E-state index contributed by atoms with van der Waals surface area (Å²) < 4.78 is 16.2. The number of methoxy groups -OCH3 is 2. The zero-order valence-electron chi connectivity index (χ0n) is 11.9. The molecular weight excluding hydrogens is 266 g/mol. The van der Waals surface area contributed by atoms with Gasteiger partial charge in [-0.05, 0) is 42.5 Å². The van der Waals surface area contributed by atoms with E-state index in [1.165, 1.54) is 0 Å². The molecule has 3 aromatic rings. The van der Waals surface area contributed by atoms with Crippen molar-refractivity contribution in [1.29, 1.82) is 0 Å². The Morgan fingerprint density at radius 3 is 2.33 bits per heavy atom. The first-order valence-corrected chi connectivity index (χ1v) is 6.55. The zero-order valence-corrected chi connectivity index (χ0v) is 11.9. The van der Waals surface area contributed by atoms with Crippen LogP contribution in [0.1, 0.15) is 0 Å². The van der Waals surface area contributed by atoms with Crippen LogP contribution >= 0.6 is 0 Å². The summed E-state index contributed by atoms with van der Waals surface area (Å²) in [6.07, 6.45) is 1.72. The molecule has 1 aromatic heterocycles. The van der Waals surface area contributed by atoms with Crippen LogP contribution in [0.5, 0.6) is 11.5 Å². The minimum atomic E-state index is 0.569. The van der Waals surface area contributed by atoms with Gasteiger partial charge in [-0.2, -0.15) is 0 Å². The van der Waals surface area contributed by atoms with E-state index in [0.717, 1.165) is 28.4 Å². The molecule has 106 valence electrons. The van der Waals surface area contributed by atoms with E-state index in [1.54, 1.807) is 20.4 Å². The molecule has 0 aliphatic heterocycles. The number of hydrogen-bond donors (Lipinski definition) is 0. The molecule has 4 heteroatoms. The molecule has 3 rings (SSSR count). The quantitative estimate of drug-likeness (QED) is 0.724. The summed E-state index contributed by atoms with van der Waals surface area (Å²) in [5.41, 5.74) is 1.84. The molecule has 2 aromatic carbocycles. The Labute approximate surface area is 123 Å². The second-order valence-electron chi connectivity index (χ2n) is 4.49. The zero-order chi connectivity index (χ0) is 14.7. The first kappa shape index (κ1) is 13.2. The van der Waals surface area contributed by atoms with Gasteiger partial charge in [-0.25, -0.2) is 4.98 Å². The third kappa shape index (κ3) is 2.74. The van der Waals surface area contributed by atoms with Gasteiger partial charge in [0.2, 0.25) is 5.89 Å². The second kappa shape index (κ2) is 5.71. The van der Waals surface area contributed by atoms with Gasteiger partial charge >= 0.3 is 0 Å². The van der Waals surface area contributed by atoms with Crippen LogP contribution in [0.25, 0.3) is 22.8 Å². The highest BCUT2D eigenvalue weighted by Crippen LogP contribution is 2.28. The molecule has 21 heavy (non-hydrogen) atoms. The molecule has 0 aliphatic carbocycles. The number of nitrogens with zero attached hydrogens (tertiary/aromatic N) is 1. The fourth-order valence-corrected chi connectivity index (χ4v) is 2.05. The van der Waals surface area contributed by atoms with Crippen LogP contribution in [0.15, 0.2) is 59.1 Å². The number of rotatable bonds is 4. The predicted octanol–water partition coefficient (Wildman–Crippen LogP) is 4.03. The van der Waals surface area contributed by atoms with Gasteiger partial charge in [0.1, 0.15) is 11.5 Å². The van der Waals surface area contributed by atoms with Crippen molar-refractivity contribution in [3.05, 3.63) is 54.7 Å². The monoisotopic (exact) mass is 281 g/mol. The largest absolute Gasteiger partial charge is 0.497 e. The van der Waals surface area contributed by atoms with Crippen molar-refractivity contribution in [3.8, 4) is 34.3 Å². The van der Waals surface area contributed by atoms with E-state index in [9.17, 15) is 0 Å². The van der Waals surface area contributed by atoms with Crippen molar-refractivity contribution in [2.75, 3.05) is 14.2 Å². The SMILES string of the molecule is COc1ccc(-c2cnc(-c3cccc(OC)c3)o2)cc1. The minimum Gasteiger partial charge on any atom is -0.497 e. The minimum absolute atomic E-state index is 0.569. The molecule has 0 atom stereocenters. The lowest BCUT2D eigenvalue weighted by atomic mass is 10.2. The summed E-state index contributed by atoms with van der Waals surface area (Å²) >= 11 is 0. The maximum Gasteiger partial charge on any atom is 0.226 e. The molecular formula is C17H15NO3. The van der Waals surface area contributed by atoms with E-state index >= 15 is 0 Å². The maximum atomic E-state index is 5.82. The van der Waals surface area contributed by atoms with Crippen LogP contribution in [-0.2, 0) is 0 Å². The molecule has 0 radical (unpaired) electrons. The van der Waals surface area contributed by atoms with Crippen molar-refractivity contribution in [1.82, 2.24) is 4.98 Å². The van der Waals surface area contributed by atoms with Gasteiger partial charge in [0, 0.05) is 11.1 Å². The third-order valence-corrected chi connectivity index (χ3v) is 3.20. The first-order valence-electron chi connectivity index (χ1n) is 6.55. The van der Waals surface area contributed by atoms with E-state index in [1.807, 2.05) is 48.5 Å². The highest BCUT2D eigenvalue weighted by molar-refractivity contribution is 5.62. The fraction of sp³-hybridized carbons (Fsp3) is 0.118. The summed E-state index contributed by atoms with van der Waals surface area (Å²) in [6.45, 7) is 0. The van der Waals surface area contributed by atoms with E-state index in [4.69, 9.17) is 13.9 Å². The molecule has 0 fully saturated rings. The van der Waals surface area contributed by atoms with Crippen molar-refractivity contribution in [2.24, 2.45) is 0 Å². The van der Waals surface area contributed by atoms with Crippen LogP contribution in [0, 0.1) is 0 Å². The lowest BCUT2D eigenvalue weighted by Crippen LogP contribution is -1.83. The third-order valence-electron chi connectivity index (χ3n) is 3.20. The Balaban J connectivity index is 1.91. The summed E-state index contributed by atoms with van der Waals surface area (Å²) in [5.74, 6) is 2.87. The number of aromatic nitrogens is 1. The smallest absolute Gasteiger partial charge is 0.226 e. The van der Waals surface area contributed by atoms with Gasteiger partial charge in [-0.1, -0.05) is 6.07 Å². The van der Waals surface area contributed by atoms with E-state index in [0.29, 0.717) is 5.89 Å². The molecule has 0 amide bonds. The van der Waals surface area contributed by atoms with Crippen molar-refractivity contribution in [3.63, 3.8) is 0 Å². The molecule has 0 N–H and O–H groups in total. The maximum absolute atomic E-state index is 5.82. The average molecular weight is 281 g/mol. The molecule has 4 nitrogen and oxygen atoms in total. The van der Waals surface area contributed by atoms with Crippen molar-refractivity contribution < 1.29 is 13.9 Å². The predicted molar refractivity (Wildman–Crippen MR) is 80.5 cm³/mol. The molecule has 0 unspecified atom stereocenters. The topological polar surface area (TPSA) is 44.5 Å². The number of benzene rings is 2. The lowest BCUT2D eigenvalue weighted by molar-refractivity contribution is 0.414. The Morgan fingerprint density at radius 2 is 1.62 bits per heavy atom. The van der Waals surface area contributed by atoms with Crippen molar-refractivity contribution in [2.45, 2.75) is 0 Å². The molecule has 0 bridgehead atoms. The highest BCUT2D eigenvalue weighted by Gasteiger charge is 2.09. The van der Waals surface area contributed by atoms with Gasteiger partial charge in [-0.3, -0.25) is 0 Å². The standard InChI is InChI=1S/C17H15NO3/c1-19-14-8-6-12(7-9-14)16-11-18-17(21-16)13-4-3-5-15(10-13)20-2/h3-11H,1-2H3. The summed E-state index contributed by atoms with van der Waals surface area (Å²) in [7, 11) is 3.28. The first-order chi connectivity index (χ1) is 10.3. The normalized spacial score (nSPS) is 10.4. The number of oxazole rings is 1. The van der Waals surface area contributed by atoms with Crippen LogP contribution in [0.4, 0.5) is 0 Å². The fourth-order valence-electron chi connectivity index (χ4n) is 2.05. The Hall–Kier alpha value is -2.75. The van der Waals surface area contributed by atoms with Gasteiger partial charge in [0.25, 0.3) is 0 Å².